The highest BCUT2D eigenvalue weighted by atomic mass is 16.2. The maximum Gasteiger partial charge on any atom is 0.319 e. The SMILES string of the molecule is Cc1cc(C[C@@H](C)NC(=O)Nc2ccc(CCC(=O)N(C)C)cc2)n[nH]1. The lowest BCUT2D eigenvalue weighted by Crippen LogP contribution is -2.37. The average molecular weight is 357 g/mol. The van der Waals surface area contributed by atoms with Crippen LogP contribution in [0, 0.1) is 6.92 Å². The molecule has 1 aromatic carbocycles. The normalized spacial score (nSPS) is 11.7. The number of aromatic nitrogens is 2. The number of nitrogens with zero attached hydrogens (tertiary/aromatic N) is 2. The minimum atomic E-state index is -0.250. The van der Waals surface area contributed by atoms with Crippen molar-refractivity contribution in [3.63, 3.8) is 0 Å². The van der Waals surface area contributed by atoms with Crippen molar-refractivity contribution in [1.82, 2.24) is 20.4 Å². The minimum Gasteiger partial charge on any atom is -0.349 e. The van der Waals surface area contributed by atoms with Crippen molar-refractivity contribution in [2.45, 2.75) is 39.2 Å². The summed E-state index contributed by atoms with van der Waals surface area (Å²) in [6.07, 6.45) is 1.82. The number of carbonyl (C=O) groups excluding carboxylic acids is 2. The van der Waals surface area contributed by atoms with E-state index in [1.54, 1.807) is 19.0 Å². The van der Waals surface area contributed by atoms with Gasteiger partial charge >= 0.3 is 6.03 Å². The van der Waals surface area contributed by atoms with Crippen LogP contribution in [0.1, 0.15) is 30.3 Å². The number of anilines is 1. The Bertz CT molecular complexity index is 737. The molecule has 1 aromatic heterocycles. The van der Waals surface area contributed by atoms with Gasteiger partial charge in [0.1, 0.15) is 0 Å². The highest BCUT2D eigenvalue weighted by Crippen LogP contribution is 2.11. The molecule has 1 heterocycles. The second kappa shape index (κ2) is 9.03. The number of benzene rings is 1. The second-order valence-corrected chi connectivity index (χ2v) is 6.73. The Morgan fingerprint density at radius 2 is 1.92 bits per heavy atom. The number of hydrogen-bond acceptors (Lipinski definition) is 3. The minimum absolute atomic E-state index is 0.0333. The van der Waals surface area contributed by atoms with Crippen LogP contribution >= 0.6 is 0 Å². The molecule has 0 unspecified atom stereocenters. The van der Waals surface area contributed by atoms with Crippen LogP contribution < -0.4 is 10.6 Å². The van der Waals surface area contributed by atoms with Crippen molar-refractivity contribution in [1.29, 1.82) is 0 Å². The van der Waals surface area contributed by atoms with Crippen molar-refractivity contribution in [3.8, 4) is 0 Å². The molecule has 7 heteroatoms. The number of amides is 3. The lowest BCUT2D eigenvalue weighted by Gasteiger charge is -2.14. The first-order valence-corrected chi connectivity index (χ1v) is 8.71. The third-order valence-corrected chi connectivity index (χ3v) is 3.99. The van der Waals surface area contributed by atoms with Crippen LogP contribution in [0.3, 0.4) is 0 Å². The number of H-pyrrole nitrogens is 1. The summed E-state index contributed by atoms with van der Waals surface area (Å²) in [6.45, 7) is 3.88. The summed E-state index contributed by atoms with van der Waals surface area (Å²) >= 11 is 0. The van der Waals surface area contributed by atoms with E-state index in [9.17, 15) is 9.59 Å². The van der Waals surface area contributed by atoms with E-state index >= 15 is 0 Å². The highest BCUT2D eigenvalue weighted by molar-refractivity contribution is 5.89. The number of rotatable bonds is 7. The first-order valence-electron chi connectivity index (χ1n) is 8.71. The van der Waals surface area contributed by atoms with Crippen molar-refractivity contribution >= 4 is 17.6 Å². The molecular weight excluding hydrogens is 330 g/mol. The summed E-state index contributed by atoms with van der Waals surface area (Å²) in [6, 6.07) is 9.22. The predicted octanol–water partition coefficient (Wildman–Crippen LogP) is 2.49. The van der Waals surface area contributed by atoms with E-state index < -0.39 is 0 Å². The zero-order valence-electron chi connectivity index (χ0n) is 15.8. The van der Waals surface area contributed by atoms with E-state index in [0.717, 1.165) is 17.0 Å². The number of nitrogens with one attached hydrogen (secondary N) is 3. The Morgan fingerprint density at radius 1 is 1.23 bits per heavy atom. The highest BCUT2D eigenvalue weighted by Gasteiger charge is 2.10. The number of carbonyl (C=O) groups is 2. The number of aryl methyl sites for hydroxylation is 2. The van der Waals surface area contributed by atoms with Gasteiger partial charge in [0, 0.05) is 44.4 Å². The van der Waals surface area contributed by atoms with Gasteiger partial charge in [0.15, 0.2) is 0 Å². The maximum absolute atomic E-state index is 12.1. The Kier molecular flexibility index (Phi) is 6.77. The summed E-state index contributed by atoms with van der Waals surface area (Å²) in [4.78, 5) is 25.3. The molecule has 3 N–H and O–H groups in total. The van der Waals surface area contributed by atoms with E-state index in [-0.39, 0.29) is 18.0 Å². The van der Waals surface area contributed by atoms with Gasteiger partial charge in [-0.15, -0.1) is 0 Å². The maximum atomic E-state index is 12.1. The Balaban J connectivity index is 1.78. The van der Waals surface area contributed by atoms with Gasteiger partial charge in [-0.2, -0.15) is 5.10 Å². The fourth-order valence-corrected chi connectivity index (χ4v) is 2.56. The van der Waals surface area contributed by atoms with Crippen LogP contribution in [0.25, 0.3) is 0 Å². The Labute approximate surface area is 154 Å². The van der Waals surface area contributed by atoms with Crippen molar-refractivity contribution < 1.29 is 9.59 Å². The van der Waals surface area contributed by atoms with E-state index in [0.29, 0.717) is 24.9 Å². The lowest BCUT2D eigenvalue weighted by atomic mass is 10.1. The monoisotopic (exact) mass is 357 g/mol. The fraction of sp³-hybridized carbons (Fsp3) is 0.421. The topological polar surface area (TPSA) is 90.1 Å². The van der Waals surface area contributed by atoms with Gasteiger partial charge in [0.05, 0.1) is 5.69 Å². The fourth-order valence-electron chi connectivity index (χ4n) is 2.56. The second-order valence-electron chi connectivity index (χ2n) is 6.73. The molecule has 0 bridgehead atoms. The van der Waals surface area contributed by atoms with Crippen molar-refractivity contribution in [2.24, 2.45) is 0 Å². The molecule has 0 aliphatic rings. The number of hydrogen-bond donors (Lipinski definition) is 3. The van der Waals surface area contributed by atoms with Crippen molar-refractivity contribution in [2.75, 3.05) is 19.4 Å². The van der Waals surface area contributed by atoms with E-state index in [1.165, 1.54) is 0 Å². The lowest BCUT2D eigenvalue weighted by molar-refractivity contribution is -0.128. The first kappa shape index (κ1) is 19.5. The third kappa shape index (κ3) is 6.23. The molecule has 0 radical (unpaired) electrons. The van der Waals surface area contributed by atoms with Crippen LogP contribution in [-0.4, -0.2) is 47.2 Å². The molecule has 0 aliphatic carbocycles. The predicted molar refractivity (Wildman–Crippen MR) is 102 cm³/mol. The zero-order valence-corrected chi connectivity index (χ0v) is 15.8. The summed E-state index contributed by atoms with van der Waals surface area (Å²) < 4.78 is 0. The summed E-state index contributed by atoms with van der Waals surface area (Å²) in [5.74, 6) is 0.104. The van der Waals surface area contributed by atoms with Crippen molar-refractivity contribution in [3.05, 3.63) is 47.3 Å². The van der Waals surface area contributed by atoms with E-state index in [1.807, 2.05) is 44.2 Å². The van der Waals surface area contributed by atoms with Gasteiger partial charge in [-0.25, -0.2) is 4.79 Å². The molecule has 0 saturated carbocycles. The molecule has 3 amide bonds. The number of urea groups is 1. The van der Waals surface area contributed by atoms with Gasteiger partial charge in [-0.1, -0.05) is 12.1 Å². The quantitative estimate of drug-likeness (QED) is 0.711. The number of aromatic amines is 1. The van der Waals surface area contributed by atoms with Gasteiger partial charge < -0.3 is 15.5 Å². The van der Waals surface area contributed by atoms with Crippen LogP contribution in [0.4, 0.5) is 10.5 Å². The molecule has 0 aliphatic heterocycles. The van der Waals surface area contributed by atoms with Crippen LogP contribution in [0.5, 0.6) is 0 Å². The summed E-state index contributed by atoms with van der Waals surface area (Å²) in [5, 5.41) is 12.8. The average Bonchev–Trinajstić information content (AvgIpc) is 2.98. The van der Waals surface area contributed by atoms with Crippen LogP contribution in [-0.2, 0) is 17.6 Å². The molecule has 140 valence electrons. The van der Waals surface area contributed by atoms with Gasteiger partial charge in [0.2, 0.25) is 5.91 Å². The molecule has 1 atom stereocenters. The first-order chi connectivity index (χ1) is 12.3. The molecule has 2 rings (SSSR count). The smallest absolute Gasteiger partial charge is 0.319 e. The van der Waals surface area contributed by atoms with Gasteiger partial charge in [-0.3, -0.25) is 9.89 Å². The van der Waals surface area contributed by atoms with E-state index in [4.69, 9.17) is 0 Å². The molecule has 2 aromatic rings. The molecule has 0 saturated heterocycles. The van der Waals surface area contributed by atoms with Gasteiger partial charge in [-0.05, 0) is 44.0 Å². The standard InChI is InChI=1S/C19H27N5O2/c1-13(11-17-12-14(2)22-23-17)20-19(26)21-16-8-5-15(6-9-16)7-10-18(25)24(3)4/h5-6,8-9,12-13H,7,10-11H2,1-4H3,(H,22,23)(H2,20,21,26)/t13-/m1/s1. The van der Waals surface area contributed by atoms with E-state index in [2.05, 4.69) is 20.8 Å². The van der Waals surface area contributed by atoms with Crippen LogP contribution in [0.2, 0.25) is 0 Å². The largest absolute Gasteiger partial charge is 0.349 e. The zero-order chi connectivity index (χ0) is 19.1. The molecular formula is C19H27N5O2. The Morgan fingerprint density at radius 3 is 2.50 bits per heavy atom. The summed E-state index contributed by atoms with van der Waals surface area (Å²) in [7, 11) is 3.50. The summed E-state index contributed by atoms with van der Waals surface area (Å²) in [5.41, 5.74) is 3.71. The molecule has 0 fully saturated rings. The van der Waals surface area contributed by atoms with Gasteiger partial charge in [0.25, 0.3) is 0 Å². The van der Waals surface area contributed by atoms with Crippen LogP contribution in [0.15, 0.2) is 30.3 Å². The Hall–Kier alpha value is -2.83. The molecule has 26 heavy (non-hydrogen) atoms. The molecule has 0 spiro atoms. The molecule has 7 nitrogen and oxygen atoms in total. The third-order valence-electron chi connectivity index (χ3n) is 3.99.